The molecule has 1 saturated heterocycles. The van der Waals surface area contributed by atoms with Crippen molar-refractivity contribution in [3.63, 3.8) is 0 Å². The van der Waals surface area contributed by atoms with E-state index in [2.05, 4.69) is 4.90 Å². The highest BCUT2D eigenvalue weighted by Gasteiger charge is 2.45. The van der Waals surface area contributed by atoms with Gasteiger partial charge in [0.15, 0.2) is 5.60 Å². The van der Waals surface area contributed by atoms with Gasteiger partial charge >= 0.3 is 5.97 Å². The van der Waals surface area contributed by atoms with Crippen LogP contribution < -0.4 is 5.56 Å². The number of hydrogen-bond acceptors (Lipinski definition) is 8. The van der Waals surface area contributed by atoms with E-state index < -0.39 is 21.6 Å². The zero-order valence-electron chi connectivity index (χ0n) is 23.1. The van der Waals surface area contributed by atoms with Gasteiger partial charge in [0.1, 0.15) is 6.61 Å². The summed E-state index contributed by atoms with van der Waals surface area (Å²) in [6.07, 6.45) is 0.0803. The number of aromatic nitrogens is 2. The van der Waals surface area contributed by atoms with Gasteiger partial charge in [-0.15, -0.1) is 0 Å². The lowest BCUT2D eigenvalue weighted by Crippen LogP contribution is -2.48. The molecule has 3 aliphatic heterocycles. The van der Waals surface area contributed by atoms with Gasteiger partial charge in [-0.2, -0.15) is 4.31 Å². The lowest BCUT2D eigenvalue weighted by Gasteiger charge is -2.34. The second-order valence-electron chi connectivity index (χ2n) is 11.0. The van der Waals surface area contributed by atoms with Gasteiger partial charge in [0.05, 0.1) is 33.9 Å². The third-order valence-corrected chi connectivity index (χ3v) is 10.7. The third-order valence-electron chi connectivity index (χ3n) is 8.81. The molecule has 1 N–H and O–H groups in total. The summed E-state index contributed by atoms with van der Waals surface area (Å²) in [5.74, 6) is -0.749. The summed E-state index contributed by atoms with van der Waals surface area (Å²) in [5, 5.41) is 12.2. The fraction of sp³-hybridized carbons (Fsp3) is 0.323. The first-order valence-electron chi connectivity index (χ1n) is 14.1. The Morgan fingerprint density at radius 2 is 1.69 bits per heavy atom. The second kappa shape index (κ2) is 9.84. The van der Waals surface area contributed by atoms with E-state index in [-0.39, 0.29) is 29.7 Å². The summed E-state index contributed by atoms with van der Waals surface area (Å²) >= 11 is 0. The van der Waals surface area contributed by atoms with Gasteiger partial charge < -0.3 is 14.4 Å². The Labute approximate surface area is 242 Å². The minimum atomic E-state index is -3.56. The van der Waals surface area contributed by atoms with Crippen molar-refractivity contribution >= 4 is 26.9 Å². The quantitative estimate of drug-likeness (QED) is 0.312. The Hall–Kier alpha value is -3.90. The number of nitrogens with zero attached hydrogens (tertiary/aromatic N) is 4. The zero-order chi connectivity index (χ0) is 29.2. The van der Waals surface area contributed by atoms with Gasteiger partial charge in [-0.05, 0) is 36.2 Å². The van der Waals surface area contributed by atoms with Gasteiger partial charge in [-0.1, -0.05) is 43.3 Å². The van der Waals surface area contributed by atoms with E-state index in [9.17, 15) is 23.1 Å². The number of piperazine rings is 1. The minimum Gasteiger partial charge on any atom is -0.458 e. The zero-order valence-corrected chi connectivity index (χ0v) is 23.9. The van der Waals surface area contributed by atoms with Crippen molar-refractivity contribution in [2.45, 2.75) is 43.5 Å². The van der Waals surface area contributed by atoms with Crippen molar-refractivity contribution in [3.8, 4) is 11.4 Å². The number of cyclic esters (lactones) is 1. The highest BCUT2D eigenvalue weighted by atomic mass is 32.2. The van der Waals surface area contributed by atoms with E-state index in [4.69, 9.17) is 9.72 Å². The number of rotatable bonds is 5. The van der Waals surface area contributed by atoms with Gasteiger partial charge in [-0.3, -0.25) is 9.69 Å². The maximum atomic E-state index is 13.7. The lowest BCUT2D eigenvalue weighted by atomic mass is 9.86. The van der Waals surface area contributed by atoms with Gasteiger partial charge in [0.2, 0.25) is 10.0 Å². The van der Waals surface area contributed by atoms with Crippen LogP contribution in [-0.2, 0) is 44.9 Å². The first-order valence-corrected chi connectivity index (χ1v) is 15.5. The highest BCUT2D eigenvalue weighted by Crippen LogP contribution is 2.40. The topological polar surface area (TPSA) is 122 Å². The molecule has 1 atom stereocenters. The van der Waals surface area contributed by atoms with Crippen molar-refractivity contribution in [1.29, 1.82) is 0 Å². The smallest absolute Gasteiger partial charge is 0.343 e. The molecule has 0 bridgehead atoms. The molecule has 1 fully saturated rings. The highest BCUT2D eigenvalue weighted by molar-refractivity contribution is 7.89. The molecule has 42 heavy (non-hydrogen) atoms. The number of para-hydroxylation sites is 1. The Morgan fingerprint density at radius 3 is 2.43 bits per heavy atom. The largest absolute Gasteiger partial charge is 0.458 e. The van der Waals surface area contributed by atoms with Crippen LogP contribution in [0.1, 0.15) is 35.6 Å². The Morgan fingerprint density at radius 1 is 0.976 bits per heavy atom. The summed E-state index contributed by atoms with van der Waals surface area (Å²) in [6.45, 7) is 4.24. The van der Waals surface area contributed by atoms with Crippen molar-refractivity contribution in [2.24, 2.45) is 0 Å². The van der Waals surface area contributed by atoms with E-state index in [1.54, 1.807) is 47.9 Å². The fourth-order valence-corrected chi connectivity index (χ4v) is 7.83. The van der Waals surface area contributed by atoms with Crippen LogP contribution in [0.5, 0.6) is 0 Å². The van der Waals surface area contributed by atoms with Crippen molar-refractivity contribution in [3.05, 3.63) is 93.3 Å². The number of fused-ring (bicyclic) bond motifs is 5. The number of benzene rings is 2. The van der Waals surface area contributed by atoms with Gasteiger partial charge in [0.25, 0.3) is 5.56 Å². The molecule has 7 rings (SSSR count). The summed E-state index contributed by atoms with van der Waals surface area (Å²) in [6, 6.07) is 18.1. The molecule has 2 aromatic carbocycles. The Balaban J connectivity index is 1.25. The normalized spacial score (nSPS) is 20.7. The number of sulfonamides is 1. The molecule has 2 aromatic heterocycles. The summed E-state index contributed by atoms with van der Waals surface area (Å²) in [5.41, 5.74) is 2.36. The van der Waals surface area contributed by atoms with E-state index in [0.29, 0.717) is 55.6 Å². The maximum absolute atomic E-state index is 13.7. The maximum Gasteiger partial charge on any atom is 0.343 e. The fourth-order valence-electron chi connectivity index (χ4n) is 6.39. The summed E-state index contributed by atoms with van der Waals surface area (Å²) in [7, 11) is -3.56. The van der Waals surface area contributed by atoms with Crippen LogP contribution in [0.15, 0.2) is 70.4 Å². The molecule has 0 amide bonds. The van der Waals surface area contributed by atoms with E-state index >= 15 is 0 Å². The molecule has 0 aliphatic carbocycles. The average Bonchev–Trinajstić information content (AvgIpc) is 3.38. The van der Waals surface area contributed by atoms with Crippen LogP contribution in [0.4, 0.5) is 0 Å². The molecule has 11 heteroatoms. The molecular formula is C31H30N4O6S. The summed E-state index contributed by atoms with van der Waals surface area (Å²) in [4.78, 5) is 33.7. The standard InChI is InChI=1S/C31H30N4O6S/c1-2-31(38)25-16-27-28-23(18-35(27)29(36)24(25)19-41-30(31)37)22(21-10-6-7-11-26(21)32-28)17-33-12-14-34(15-13-33)42(39,40)20-8-4-3-5-9-20/h3-11,16,38H,2,12-15,17-19H2,1H3/t31-/m0/s1. The number of ether oxygens (including phenoxy) is 1. The average molecular weight is 587 g/mol. The van der Waals surface area contributed by atoms with Crippen LogP contribution in [0.3, 0.4) is 0 Å². The van der Waals surface area contributed by atoms with Crippen molar-refractivity contribution in [2.75, 3.05) is 26.2 Å². The number of aliphatic hydroxyl groups is 1. The minimum absolute atomic E-state index is 0.0803. The predicted octanol–water partition coefficient (Wildman–Crippen LogP) is 2.59. The SMILES string of the molecule is CC[C@@]1(O)C(=O)OCc2c1cc1n(c2=O)Cc2c-1nc1ccccc1c2CN1CCN(S(=O)(=O)c2ccccc2)CC1. The first kappa shape index (κ1) is 27.0. The van der Waals surface area contributed by atoms with Crippen LogP contribution in [0.2, 0.25) is 0 Å². The summed E-state index contributed by atoms with van der Waals surface area (Å²) < 4.78 is 34.7. The van der Waals surface area contributed by atoms with Gasteiger partial charge in [-0.25, -0.2) is 18.2 Å². The first-order chi connectivity index (χ1) is 20.2. The molecule has 216 valence electrons. The number of carbonyl (C=O) groups excluding carboxylic acids is 1. The third kappa shape index (κ3) is 4.03. The van der Waals surface area contributed by atoms with Crippen LogP contribution in [-0.4, -0.2) is 64.4 Å². The number of esters is 1. The van der Waals surface area contributed by atoms with E-state index in [1.807, 2.05) is 24.3 Å². The molecule has 0 spiro atoms. The van der Waals surface area contributed by atoms with Crippen molar-refractivity contribution in [1.82, 2.24) is 18.8 Å². The molecule has 10 nitrogen and oxygen atoms in total. The van der Waals surface area contributed by atoms with Crippen molar-refractivity contribution < 1.29 is 23.1 Å². The molecular weight excluding hydrogens is 556 g/mol. The second-order valence-corrected chi connectivity index (χ2v) is 13.0. The Kier molecular flexibility index (Phi) is 6.32. The predicted molar refractivity (Wildman–Crippen MR) is 155 cm³/mol. The van der Waals surface area contributed by atoms with Crippen LogP contribution in [0, 0.1) is 0 Å². The molecule has 3 aliphatic rings. The molecule has 0 radical (unpaired) electrons. The van der Waals surface area contributed by atoms with E-state index in [1.165, 1.54) is 4.31 Å². The van der Waals surface area contributed by atoms with Crippen LogP contribution >= 0.6 is 0 Å². The lowest BCUT2D eigenvalue weighted by molar-refractivity contribution is -0.172. The number of carbonyl (C=O) groups is 1. The van der Waals surface area contributed by atoms with E-state index in [0.717, 1.165) is 22.0 Å². The number of hydrogen-bond donors (Lipinski definition) is 1. The van der Waals surface area contributed by atoms with Crippen LogP contribution in [0.25, 0.3) is 22.3 Å². The molecule has 4 aromatic rings. The van der Waals surface area contributed by atoms with Gasteiger partial charge in [0, 0.05) is 49.2 Å². The Bertz CT molecular complexity index is 1920. The monoisotopic (exact) mass is 586 g/mol. The molecule has 5 heterocycles. The molecule has 0 saturated carbocycles. The number of pyridine rings is 2. The molecule has 0 unspecified atom stereocenters.